The quantitative estimate of drug-likeness (QED) is 0.885. The molecule has 5 nitrogen and oxygen atoms in total. The Morgan fingerprint density at radius 1 is 1.50 bits per heavy atom. The Kier molecular flexibility index (Phi) is 3.34. The van der Waals surface area contributed by atoms with E-state index < -0.39 is 0 Å². The van der Waals surface area contributed by atoms with Gasteiger partial charge in [0.25, 0.3) is 0 Å². The van der Waals surface area contributed by atoms with Crippen molar-refractivity contribution in [3.05, 3.63) is 23.4 Å². The van der Waals surface area contributed by atoms with Crippen LogP contribution in [0.3, 0.4) is 0 Å². The van der Waals surface area contributed by atoms with Crippen LogP contribution in [0.15, 0.2) is 18.3 Å². The molecule has 96 valence electrons. The summed E-state index contributed by atoms with van der Waals surface area (Å²) in [6.45, 7) is 3.20. The molecule has 0 spiro atoms. The highest BCUT2D eigenvalue weighted by Gasteiger charge is 2.13. The smallest absolute Gasteiger partial charge is 0.243 e. The van der Waals surface area contributed by atoms with E-state index in [-0.39, 0.29) is 0 Å². The lowest BCUT2D eigenvalue weighted by molar-refractivity contribution is 0.548. The minimum absolute atomic E-state index is 0.663. The summed E-state index contributed by atoms with van der Waals surface area (Å²) in [7, 11) is 0. The van der Waals surface area contributed by atoms with Gasteiger partial charge in [0.2, 0.25) is 5.95 Å². The zero-order chi connectivity index (χ0) is 12.4. The summed E-state index contributed by atoms with van der Waals surface area (Å²) in [6.07, 6.45) is 4.19. The maximum absolute atomic E-state index is 5.90. The van der Waals surface area contributed by atoms with Gasteiger partial charge in [-0.2, -0.15) is 4.98 Å². The second kappa shape index (κ2) is 5.12. The summed E-state index contributed by atoms with van der Waals surface area (Å²) in [5, 5.41) is 11.6. The minimum atomic E-state index is 0.663. The second-order valence-electron chi connectivity index (χ2n) is 4.66. The number of aromatic nitrogens is 3. The van der Waals surface area contributed by atoms with Crippen molar-refractivity contribution < 1.29 is 0 Å². The molecule has 1 aliphatic rings. The number of hydrogen-bond acceptors (Lipinski definition) is 4. The van der Waals surface area contributed by atoms with Gasteiger partial charge in [0, 0.05) is 12.7 Å². The number of fused-ring (bicyclic) bond motifs is 1. The Morgan fingerprint density at radius 3 is 3.28 bits per heavy atom. The fourth-order valence-corrected chi connectivity index (χ4v) is 2.44. The van der Waals surface area contributed by atoms with E-state index in [1.54, 1.807) is 10.7 Å². The molecule has 18 heavy (non-hydrogen) atoms. The molecule has 1 saturated heterocycles. The number of nitrogens with one attached hydrogen (secondary N) is 2. The lowest BCUT2D eigenvalue weighted by Crippen LogP contribution is -2.13. The molecule has 2 N–H and O–H groups in total. The van der Waals surface area contributed by atoms with E-state index in [0.29, 0.717) is 11.0 Å². The Morgan fingerprint density at radius 2 is 2.44 bits per heavy atom. The van der Waals surface area contributed by atoms with Crippen LogP contribution in [0.4, 0.5) is 5.95 Å². The Bertz CT molecular complexity index is 532. The standard InChI is InChI=1S/C12H16ClN5/c13-10-1-2-11-16-12(17-18(11)8-10)15-6-4-9-3-5-14-7-9/h1-2,8-9,14H,3-7H2,(H,15,17). The van der Waals surface area contributed by atoms with Gasteiger partial charge in [-0.15, -0.1) is 5.10 Å². The molecule has 6 heteroatoms. The van der Waals surface area contributed by atoms with Crippen LogP contribution >= 0.6 is 11.6 Å². The van der Waals surface area contributed by atoms with Crippen molar-refractivity contribution in [2.24, 2.45) is 5.92 Å². The largest absolute Gasteiger partial charge is 0.353 e. The van der Waals surface area contributed by atoms with Gasteiger partial charge in [0.05, 0.1) is 5.02 Å². The number of rotatable bonds is 4. The van der Waals surface area contributed by atoms with Gasteiger partial charge in [-0.1, -0.05) is 11.6 Å². The summed E-state index contributed by atoms with van der Waals surface area (Å²) in [5.74, 6) is 1.45. The van der Waals surface area contributed by atoms with Gasteiger partial charge in [-0.05, 0) is 44.0 Å². The van der Waals surface area contributed by atoms with Crippen LogP contribution in [0.1, 0.15) is 12.8 Å². The zero-order valence-corrected chi connectivity index (χ0v) is 10.8. The molecule has 1 aliphatic heterocycles. The maximum Gasteiger partial charge on any atom is 0.243 e. The van der Waals surface area contributed by atoms with E-state index in [0.717, 1.165) is 37.6 Å². The molecule has 0 aromatic carbocycles. The van der Waals surface area contributed by atoms with E-state index in [1.807, 2.05) is 12.1 Å². The molecule has 0 aliphatic carbocycles. The summed E-state index contributed by atoms with van der Waals surface area (Å²) in [4.78, 5) is 4.38. The van der Waals surface area contributed by atoms with Crippen LogP contribution in [0.25, 0.3) is 5.65 Å². The van der Waals surface area contributed by atoms with Crippen molar-refractivity contribution in [2.45, 2.75) is 12.8 Å². The fraction of sp³-hybridized carbons (Fsp3) is 0.500. The Hall–Kier alpha value is -1.33. The average Bonchev–Trinajstić information content (AvgIpc) is 2.97. The molecule has 0 bridgehead atoms. The number of nitrogens with zero attached hydrogens (tertiary/aromatic N) is 3. The summed E-state index contributed by atoms with van der Waals surface area (Å²) < 4.78 is 1.70. The van der Waals surface area contributed by atoms with Crippen molar-refractivity contribution in [3.8, 4) is 0 Å². The fourth-order valence-electron chi connectivity index (χ4n) is 2.28. The Labute approximate surface area is 111 Å². The van der Waals surface area contributed by atoms with Crippen LogP contribution in [0.5, 0.6) is 0 Å². The third kappa shape index (κ3) is 2.57. The first kappa shape index (κ1) is 11.7. The highest BCUT2D eigenvalue weighted by molar-refractivity contribution is 6.30. The Balaban J connectivity index is 1.60. The van der Waals surface area contributed by atoms with E-state index in [4.69, 9.17) is 11.6 Å². The first-order valence-electron chi connectivity index (χ1n) is 6.28. The normalized spacial score (nSPS) is 19.5. The molecular weight excluding hydrogens is 250 g/mol. The third-order valence-corrected chi connectivity index (χ3v) is 3.52. The first-order valence-corrected chi connectivity index (χ1v) is 6.65. The van der Waals surface area contributed by atoms with Crippen molar-refractivity contribution >= 4 is 23.2 Å². The maximum atomic E-state index is 5.90. The minimum Gasteiger partial charge on any atom is -0.353 e. The van der Waals surface area contributed by atoms with Crippen LogP contribution in [0.2, 0.25) is 5.02 Å². The highest BCUT2D eigenvalue weighted by Crippen LogP contribution is 2.13. The molecule has 1 fully saturated rings. The predicted molar refractivity (Wildman–Crippen MR) is 72.1 cm³/mol. The number of anilines is 1. The van der Waals surface area contributed by atoms with E-state index in [2.05, 4.69) is 20.7 Å². The first-order chi connectivity index (χ1) is 8.81. The molecule has 2 aromatic heterocycles. The molecule has 1 unspecified atom stereocenters. The molecule has 0 radical (unpaired) electrons. The molecule has 3 rings (SSSR count). The van der Waals surface area contributed by atoms with Crippen molar-refractivity contribution in [1.29, 1.82) is 0 Å². The van der Waals surface area contributed by atoms with Crippen LogP contribution in [0, 0.1) is 5.92 Å². The van der Waals surface area contributed by atoms with Crippen molar-refractivity contribution in [2.75, 3.05) is 25.0 Å². The molecule has 2 aromatic rings. The second-order valence-corrected chi connectivity index (χ2v) is 5.10. The molecule has 0 amide bonds. The van der Waals surface area contributed by atoms with Gasteiger partial charge >= 0.3 is 0 Å². The zero-order valence-electron chi connectivity index (χ0n) is 10.1. The third-order valence-electron chi connectivity index (χ3n) is 3.29. The van der Waals surface area contributed by atoms with Gasteiger partial charge in [-0.25, -0.2) is 4.52 Å². The number of hydrogen-bond donors (Lipinski definition) is 2. The van der Waals surface area contributed by atoms with Gasteiger partial charge in [-0.3, -0.25) is 0 Å². The van der Waals surface area contributed by atoms with Gasteiger partial charge in [0.1, 0.15) is 0 Å². The van der Waals surface area contributed by atoms with Gasteiger partial charge in [0.15, 0.2) is 5.65 Å². The SMILES string of the molecule is Clc1ccc2nc(NCCC3CCNC3)nn2c1. The van der Waals surface area contributed by atoms with Crippen LogP contribution in [-0.4, -0.2) is 34.2 Å². The molecule has 3 heterocycles. The number of halogens is 1. The van der Waals surface area contributed by atoms with E-state index in [9.17, 15) is 0 Å². The van der Waals surface area contributed by atoms with Crippen LogP contribution in [-0.2, 0) is 0 Å². The average molecular weight is 266 g/mol. The lowest BCUT2D eigenvalue weighted by Gasteiger charge is -2.07. The molecular formula is C12H16ClN5. The van der Waals surface area contributed by atoms with Crippen LogP contribution < -0.4 is 10.6 Å². The van der Waals surface area contributed by atoms with E-state index >= 15 is 0 Å². The monoisotopic (exact) mass is 265 g/mol. The molecule has 1 atom stereocenters. The van der Waals surface area contributed by atoms with E-state index in [1.165, 1.54) is 6.42 Å². The lowest BCUT2D eigenvalue weighted by atomic mass is 10.1. The number of pyridine rings is 1. The van der Waals surface area contributed by atoms with Gasteiger partial charge < -0.3 is 10.6 Å². The topological polar surface area (TPSA) is 54.2 Å². The molecule has 0 saturated carbocycles. The van der Waals surface area contributed by atoms with Crippen molar-refractivity contribution in [1.82, 2.24) is 19.9 Å². The van der Waals surface area contributed by atoms with Crippen molar-refractivity contribution in [3.63, 3.8) is 0 Å². The summed E-state index contributed by atoms with van der Waals surface area (Å²) >= 11 is 5.90. The predicted octanol–water partition coefficient (Wildman–Crippen LogP) is 1.79. The summed E-state index contributed by atoms with van der Waals surface area (Å²) in [6, 6.07) is 3.68. The highest BCUT2D eigenvalue weighted by atomic mass is 35.5. The summed E-state index contributed by atoms with van der Waals surface area (Å²) in [5.41, 5.74) is 0.810.